The first-order chi connectivity index (χ1) is 8.47. The van der Waals surface area contributed by atoms with E-state index >= 15 is 0 Å². The van der Waals surface area contributed by atoms with Crippen LogP contribution >= 0.6 is 15.6 Å². The number of rotatable bonds is 0. The summed E-state index contributed by atoms with van der Waals surface area (Å²) in [7, 11) is -10.8. The predicted molar refractivity (Wildman–Crippen MR) is 57.1 cm³/mol. The average Bonchev–Trinajstić information content (AvgIpc) is 2.59. The number of nitrogens with one attached hydrogen (secondary N) is 1. The van der Waals surface area contributed by atoms with Crippen LogP contribution in [-0.4, -0.2) is 27.3 Å². The molecule has 0 saturated heterocycles. The quantitative estimate of drug-likeness (QED) is 0.342. The second kappa shape index (κ2) is 11.5. The molecule has 1 aromatic heterocycles. The average molecular weight is 387 g/mol. The summed E-state index contributed by atoms with van der Waals surface area (Å²) in [6.45, 7) is 0. The third-order valence-corrected chi connectivity index (χ3v) is 1.33. The zero-order valence-corrected chi connectivity index (χ0v) is 14.2. The Morgan fingerprint density at radius 1 is 0.905 bits per heavy atom. The minimum Gasteiger partial charge on any atom is -0.822 e. The molecule has 0 aliphatic carbocycles. The van der Waals surface area contributed by atoms with Crippen molar-refractivity contribution in [2.45, 2.75) is 0 Å². The second-order valence-electron chi connectivity index (χ2n) is 2.81. The number of fused-ring (bicyclic) bond motifs is 1. The van der Waals surface area contributed by atoms with Crippen LogP contribution in [0.3, 0.4) is 0 Å². The van der Waals surface area contributed by atoms with E-state index in [0.717, 1.165) is 11.0 Å². The summed E-state index contributed by atoms with van der Waals surface area (Å²) in [4.78, 5) is 58.4. The molecule has 0 aliphatic heterocycles. The Bertz CT molecular complexity index is 532. The Hall–Kier alpha value is -0.0251. The van der Waals surface area contributed by atoms with E-state index in [-0.39, 0.29) is 34.7 Å². The van der Waals surface area contributed by atoms with Gasteiger partial charge in [0.2, 0.25) is 0 Å². The van der Waals surface area contributed by atoms with Crippen LogP contribution < -0.4 is 29.4 Å². The number of phosphoric acid groups is 2. The SMILES string of the molecule is O=P([O-])([O-])[O-].O=P([O-])([O-])[O-].[Al+3].[Cr+3].c1ccc2[nH]cnc2c1. The van der Waals surface area contributed by atoms with E-state index in [1.165, 1.54) is 0 Å². The number of benzene rings is 1. The minimum absolute atomic E-state index is 0. The Kier molecular flexibility index (Phi) is 14.2. The van der Waals surface area contributed by atoms with Gasteiger partial charge in [-0.15, -0.1) is 0 Å². The van der Waals surface area contributed by atoms with Crippen molar-refractivity contribution in [3.8, 4) is 0 Å². The number of para-hydroxylation sites is 2. The molecule has 1 aromatic carbocycles. The molecule has 0 fully saturated rings. The molecule has 1 radical (unpaired) electrons. The van der Waals surface area contributed by atoms with E-state index in [9.17, 15) is 0 Å². The Balaban J connectivity index is -0.000000240. The smallest absolute Gasteiger partial charge is 0.822 e. The fraction of sp³-hybridized carbons (Fsp3) is 0. The van der Waals surface area contributed by atoms with Gasteiger partial charge in [0.1, 0.15) is 0 Å². The van der Waals surface area contributed by atoms with Crippen LogP contribution in [-0.2, 0) is 26.5 Å². The normalized spacial score (nSPS) is 10.0. The van der Waals surface area contributed by atoms with Crippen LogP contribution in [0.15, 0.2) is 30.6 Å². The van der Waals surface area contributed by atoms with Gasteiger partial charge >= 0.3 is 34.7 Å². The molecule has 1 N–H and O–H groups in total. The number of aromatic nitrogens is 2. The summed E-state index contributed by atoms with van der Waals surface area (Å²) >= 11 is 0. The molecule has 0 bridgehead atoms. The van der Waals surface area contributed by atoms with Crippen LogP contribution in [0.5, 0.6) is 0 Å². The van der Waals surface area contributed by atoms with Crippen LogP contribution in [0.25, 0.3) is 11.0 Å². The number of H-pyrrole nitrogens is 1. The number of hydrogen-bond acceptors (Lipinski definition) is 9. The van der Waals surface area contributed by atoms with E-state index in [1.807, 2.05) is 24.3 Å². The van der Waals surface area contributed by atoms with E-state index in [0.29, 0.717) is 0 Å². The predicted octanol–water partition coefficient (Wildman–Crippen LogP) is -4.47. The molecule has 2 aromatic rings. The molecule has 0 aliphatic rings. The summed E-state index contributed by atoms with van der Waals surface area (Å²) in [6, 6.07) is 7.94. The third-order valence-electron chi connectivity index (χ3n) is 1.33. The fourth-order valence-electron chi connectivity index (χ4n) is 0.880. The molecule has 2 rings (SSSR count). The maximum absolute atomic E-state index is 8.55. The summed E-state index contributed by atoms with van der Waals surface area (Å²) in [6.07, 6.45) is 1.70. The zero-order chi connectivity index (χ0) is 15.1. The van der Waals surface area contributed by atoms with Gasteiger partial charge in [0.05, 0.1) is 17.4 Å². The first kappa shape index (κ1) is 25.9. The van der Waals surface area contributed by atoms with Crippen molar-refractivity contribution in [3.63, 3.8) is 0 Å². The Morgan fingerprint density at radius 3 is 1.67 bits per heavy atom. The first-order valence-corrected chi connectivity index (χ1v) is 7.23. The number of imidazole rings is 1. The number of aromatic amines is 1. The second-order valence-corrected chi connectivity index (χ2v) is 4.60. The van der Waals surface area contributed by atoms with Gasteiger partial charge in [-0.05, 0) is 12.1 Å². The largest absolute Gasteiger partial charge is 3.00 e. The summed E-state index contributed by atoms with van der Waals surface area (Å²) < 4.78 is 17.1. The van der Waals surface area contributed by atoms with E-state index < -0.39 is 15.6 Å². The maximum atomic E-state index is 8.55. The molecule has 10 nitrogen and oxygen atoms in total. The van der Waals surface area contributed by atoms with Crippen LogP contribution in [0, 0.1) is 0 Å². The topological polar surface area (TPSA) is 201 Å². The molecule has 111 valence electrons. The summed E-state index contributed by atoms with van der Waals surface area (Å²) in [5.41, 5.74) is 2.12. The summed E-state index contributed by atoms with van der Waals surface area (Å²) in [5, 5.41) is 0. The van der Waals surface area contributed by atoms with Gasteiger partial charge in [-0.2, -0.15) is 15.6 Å². The van der Waals surface area contributed by atoms with E-state index in [1.54, 1.807) is 6.33 Å². The van der Waals surface area contributed by atoms with Gasteiger partial charge in [-0.1, -0.05) is 12.1 Å². The molecule has 1 heterocycles. The zero-order valence-electron chi connectivity index (χ0n) is 9.98. The monoisotopic (exact) mass is 387 g/mol. The number of nitrogens with zero attached hydrogens (tertiary/aromatic N) is 1. The van der Waals surface area contributed by atoms with Crippen molar-refractivity contribution in [1.29, 1.82) is 0 Å². The molecular weight excluding hydrogens is 381 g/mol. The Morgan fingerprint density at radius 2 is 1.29 bits per heavy atom. The van der Waals surface area contributed by atoms with Crippen LogP contribution in [0.1, 0.15) is 0 Å². The number of hydrogen-bond donors (Lipinski definition) is 1. The van der Waals surface area contributed by atoms with Crippen molar-refractivity contribution in [2.24, 2.45) is 0 Å². The standard InChI is InChI=1S/C7H6N2.Al.Cr.2H3O4P/c1-2-4-7-6(3-1)8-5-9-7;;;2*1-5(2,3)4/h1-5H,(H,8,9);;;2*(H3,1,2,3,4)/q;2*+3;;/p-6. The van der Waals surface area contributed by atoms with E-state index in [4.69, 9.17) is 38.5 Å². The van der Waals surface area contributed by atoms with Crippen molar-refractivity contribution < 1.29 is 55.9 Å². The van der Waals surface area contributed by atoms with Gasteiger partial charge in [-0.25, -0.2) is 4.98 Å². The summed E-state index contributed by atoms with van der Waals surface area (Å²) in [5.74, 6) is 0. The molecule has 0 unspecified atom stereocenters. The van der Waals surface area contributed by atoms with Crippen molar-refractivity contribution in [2.75, 3.05) is 0 Å². The molecule has 0 amide bonds. The molecule has 14 heteroatoms. The molecule has 0 atom stereocenters. The van der Waals surface area contributed by atoms with Gasteiger partial charge < -0.3 is 43.5 Å². The maximum Gasteiger partial charge on any atom is 3.00 e. The molecule has 0 saturated carbocycles. The van der Waals surface area contributed by atoms with Crippen molar-refractivity contribution in [1.82, 2.24) is 9.97 Å². The fourth-order valence-corrected chi connectivity index (χ4v) is 0.880. The molecular formula is C7H6AlCrN2O8P2. The van der Waals surface area contributed by atoms with Crippen LogP contribution in [0.4, 0.5) is 0 Å². The first-order valence-electron chi connectivity index (χ1n) is 4.31. The third kappa shape index (κ3) is 22.4. The van der Waals surface area contributed by atoms with Crippen molar-refractivity contribution >= 4 is 44.0 Å². The van der Waals surface area contributed by atoms with E-state index in [2.05, 4.69) is 9.97 Å². The van der Waals surface area contributed by atoms with Gasteiger partial charge in [-0.3, -0.25) is 0 Å². The van der Waals surface area contributed by atoms with Crippen molar-refractivity contribution in [3.05, 3.63) is 30.6 Å². The van der Waals surface area contributed by atoms with Gasteiger partial charge in [0.15, 0.2) is 0 Å². The molecule has 21 heavy (non-hydrogen) atoms. The minimum atomic E-state index is -5.39. The van der Waals surface area contributed by atoms with Gasteiger partial charge in [0, 0.05) is 0 Å². The van der Waals surface area contributed by atoms with Crippen LogP contribution in [0.2, 0.25) is 0 Å². The molecule has 0 spiro atoms. The van der Waals surface area contributed by atoms with Gasteiger partial charge in [0.25, 0.3) is 0 Å². The Labute approximate surface area is 140 Å².